The van der Waals surface area contributed by atoms with E-state index in [1.807, 2.05) is 7.76 Å². The molecule has 0 radical (unpaired) electrons. The van der Waals surface area contributed by atoms with Gasteiger partial charge in [-0.2, -0.15) is 0 Å². The quantitative estimate of drug-likeness (QED) is 0.657. The average molecular weight is 379 g/mol. The first-order chi connectivity index (χ1) is 9.43. The summed E-state index contributed by atoms with van der Waals surface area (Å²) in [6.07, 6.45) is 16.5. The Labute approximate surface area is 140 Å². The van der Waals surface area contributed by atoms with Gasteiger partial charge in [-0.3, -0.25) is 0 Å². The minimum absolute atomic E-state index is 0. The third-order valence-corrected chi connectivity index (χ3v) is 16.0. The number of benzene rings is 1. The van der Waals surface area contributed by atoms with Crippen LogP contribution in [0.25, 0.3) is 0 Å². The molecule has 0 N–H and O–H groups in total. The number of rotatable bonds is 5. The van der Waals surface area contributed by atoms with Crippen molar-refractivity contribution in [1.29, 1.82) is 0 Å². The summed E-state index contributed by atoms with van der Waals surface area (Å²) in [5.74, 6) is 0. The van der Waals surface area contributed by atoms with Gasteiger partial charge in [-0.25, -0.2) is 0 Å². The van der Waals surface area contributed by atoms with Crippen LogP contribution >= 0.6 is 0 Å². The number of halogens is 1. The number of hydrogen-bond donors (Lipinski definition) is 0. The molecule has 0 bridgehead atoms. The minimum atomic E-state index is -1.08. The average Bonchev–Trinajstić information content (AvgIpc) is 3.13. The molecule has 3 heteroatoms. The van der Waals surface area contributed by atoms with Crippen molar-refractivity contribution in [2.24, 2.45) is 0 Å². The minimum Gasteiger partial charge on any atom is -1.00 e. The van der Waals surface area contributed by atoms with Crippen LogP contribution in [0, 0.1) is 0 Å². The normalized spacial score (nSPS) is 16.4. The van der Waals surface area contributed by atoms with E-state index >= 15 is 0 Å². The van der Waals surface area contributed by atoms with E-state index in [4.69, 9.17) is 0 Å². The first kappa shape index (κ1) is 16.0. The fourth-order valence-electron chi connectivity index (χ4n) is 2.78. The van der Waals surface area contributed by atoms with Crippen LogP contribution in [0.15, 0.2) is 74.5 Å². The van der Waals surface area contributed by atoms with Gasteiger partial charge in [0.05, 0.1) is 0 Å². The molecule has 2 aliphatic carbocycles. The van der Waals surface area contributed by atoms with Gasteiger partial charge in [0.2, 0.25) is 0 Å². The zero-order valence-electron chi connectivity index (χ0n) is 11.6. The third-order valence-electron chi connectivity index (χ3n) is 3.82. The molecule has 0 nitrogen and oxygen atoms in total. The summed E-state index contributed by atoms with van der Waals surface area (Å²) in [7, 11) is 0.0183. The Balaban J connectivity index is 0.00000147. The van der Waals surface area contributed by atoms with Crippen molar-refractivity contribution in [1.82, 2.24) is 0 Å². The van der Waals surface area contributed by atoms with E-state index in [1.54, 1.807) is 5.56 Å². The van der Waals surface area contributed by atoms with E-state index in [0.29, 0.717) is 0 Å². The zero-order chi connectivity index (χ0) is 12.9. The molecule has 0 aliphatic heterocycles. The Morgan fingerprint density at radius 2 is 1.50 bits per heavy atom. The van der Waals surface area contributed by atoms with Crippen LogP contribution in [0.3, 0.4) is 0 Å². The van der Waals surface area contributed by atoms with Gasteiger partial charge in [0, 0.05) is 0 Å². The molecule has 102 valence electrons. The molecular formula is C17H19BrSiTi. The second-order valence-electron chi connectivity index (χ2n) is 5.11. The molecule has 0 unspecified atom stereocenters. The van der Waals surface area contributed by atoms with Crippen molar-refractivity contribution in [3.8, 4) is 0 Å². The molecule has 0 saturated heterocycles. The summed E-state index contributed by atoms with van der Waals surface area (Å²) in [5.41, 5.74) is 1.55. The molecule has 1 aromatic carbocycles. The Morgan fingerprint density at radius 1 is 0.900 bits per heavy atom. The predicted molar refractivity (Wildman–Crippen MR) is 82.4 cm³/mol. The van der Waals surface area contributed by atoms with Gasteiger partial charge < -0.3 is 17.0 Å². The van der Waals surface area contributed by atoms with Crippen LogP contribution in [0.5, 0.6) is 0 Å². The molecule has 0 saturated carbocycles. The van der Waals surface area contributed by atoms with E-state index in [2.05, 4.69) is 66.8 Å². The van der Waals surface area contributed by atoms with E-state index in [9.17, 15) is 0 Å². The van der Waals surface area contributed by atoms with Crippen LogP contribution < -0.4 is 17.0 Å². The first-order valence-corrected chi connectivity index (χ1v) is 13.6. The zero-order valence-corrected chi connectivity index (χ0v) is 16.1. The van der Waals surface area contributed by atoms with E-state index in [-0.39, 0.29) is 24.4 Å². The standard InChI is InChI=1S/C7H9Si.2C5H5.BrH.Ti/c8-6-7-4-2-1-3-5-7;2*1-2-4-5-3-1;;/h1-5H,6,8H2;2*1-3H,4H2;1H;/q;;;;+1/p-1. The van der Waals surface area contributed by atoms with E-state index < -0.39 is 17.1 Å². The maximum Gasteiger partial charge on any atom is -1.00 e. The van der Waals surface area contributed by atoms with Gasteiger partial charge in [-0.15, -0.1) is 0 Å². The van der Waals surface area contributed by atoms with Crippen LogP contribution in [-0.4, -0.2) is 7.39 Å². The van der Waals surface area contributed by atoms with Crippen molar-refractivity contribution in [3.05, 3.63) is 80.1 Å². The molecule has 0 heterocycles. The molecule has 20 heavy (non-hydrogen) atoms. The fourth-order valence-corrected chi connectivity index (χ4v) is 14.7. The second kappa shape index (κ2) is 8.14. The van der Waals surface area contributed by atoms with Gasteiger partial charge in [0.25, 0.3) is 0 Å². The van der Waals surface area contributed by atoms with Crippen molar-refractivity contribution in [2.45, 2.75) is 18.9 Å². The van der Waals surface area contributed by atoms with Crippen molar-refractivity contribution in [2.75, 3.05) is 0 Å². The Morgan fingerprint density at radius 3 is 2.00 bits per heavy atom. The summed E-state index contributed by atoms with van der Waals surface area (Å²) >= 11 is -1.08. The molecule has 0 atom stereocenters. The Hall–Kier alpha value is -0.409. The van der Waals surface area contributed by atoms with E-state index in [0.717, 1.165) is 0 Å². The number of allylic oxidation sites excluding steroid dienone is 8. The summed E-state index contributed by atoms with van der Waals surface area (Å²) < 4.78 is 3.63. The topological polar surface area (TPSA) is 0 Å². The Kier molecular flexibility index (Phi) is 6.50. The van der Waals surface area contributed by atoms with Gasteiger partial charge in [-0.05, 0) is 0 Å². The second-order valence-corrected chi connectivity index (χ2v) is 14.9. The monoisotopic (exact) mass is 378 g/mol. The molecule has 3 rings (SSSR count). The Bertz CT molecular complexity index is 528. The van der Waals surface area contributed by atoms with Crippen LogP contribution in [0.4, 0.5) is 0 Å². The number of hydrogen-bond acceptors (Lipinski definition) is 0. The van der Waals surface area contributed by atoms with Gasteiger partial charge in [-0.1, -0.05) is 0 Å². The van der Waals surface area contributed by atoms with Crippen LogP contribution in [0.1, 0.15) is 18.4 Å². The van der Waals surface area contributed by atoms with Gasteiger partial charge >= 0.3 is 124 Å². The largest absolute Gasteiger partial charge is 1.00 e. The summed E-state index contributed by atoms with van der Waals surface area (Å²) in [6, 6.07) is 12.4. The SMILES string of the molecule is C1=CC[C]([Ti+]([SiH2]Cc2ccccc2)[C]2=CC=CC2)=C1.[Br-]. The third kappa shape index (κ3) is 4.05. The molecule has 0 aromatic heterocycles. The first-order valence-electron chi connectivity index (χ1n) is 7.05. The van der Waals surface area contributed by atoms with Crippen molar-refractivity contribution in [3.63, 3.8) is 0 Å². The molecule has 1 aromatic rings. The van der Waals surface area contributed by atoms with Crippen LogP contribution in [0.2, 0.25) is 0 Å². The summed E-state index contributed by atoms with van der Waals surface area (Å²) in [4.78, 5) is 0. The van der Waals surface area contributed by atoms with E-state index in [1.165, 1.54) is 18.9 Å². The molecule has 0 amide bonds. The van der Waals surface area contributed by atoms with Crippen molar-refractivity contribution < 1.29 is 34.1 Å². The molecular weight excluding hydrogens is 360 g/mol. The maximum absolute atomic E-state index is 2.42. The molecule has 0 spiro atoms. The van der Waals surface area contributed by atoms with Crippen molar-refractivity contribution >= 4 is 7.39 Å². The maximum atomic E-state index is 2.42. The fraction of sp³-hybridized carbons (Fsp3) is 0.176. The van der Waals surface area contributed by atoms with Gasteiger partial charge in [0.15, 0.2) is 0 Å². The van der Waals surface area contributed by atoms with Crippen LogP contribution in [-0.2, 0) is 23.2 Å². The smallest absolute Gasteiger partial charge is 1.00 e. The summed E-state index contributed by atoms with van der Waals surface area (Å²) in [6.45, 7) is 0. The predicted octanol–water partition coefficient (Wildman–Crippen LogP) is 0.580. The molecule has 2 aliphatic rings. The summed E-state index contributed by atoms with van der Waals surface area (Å²) in [5, 5.41) is 0. The molecule has 0 fully saturated rings. The van der Waals surface area contributed by atoms with Gasteiger partial charge in [0.1, 0.15) is 0 Å².